The van der Waals surface area contributed by atoms with Crippen molar-refractivity contribution in [2.75, 3.05) is 13.2 Å². The highest BCUT2D eigenvalue weighted by atomic mass is 16.5. The van der Waals surface area contributed by atoms with Crippen molar-refractivity contribution in [1.29, 1.82) is 0 Å². The molecule has 128 valence electrons. The van der Waals surface area contributed by atoms with E-state index < -0.39 is 0 Å². The average Bonchev–Trinajstić information content (AvgIpc) is 3.26. The summed E-state index contributed by atoms with van der Waals surface area (Å²) in [4.78, 5) is 11.4. The number of fused-ring (bicyclic) bond motifs is 1. The fourth-order valence-electron chi connectivity index (χ4n) is 4.24. The minimum Gasteiger partial charge on any atom is -0.376 e. The van der Waals surface area contributed by atoms with Crippen LogP contribution in [-0.4, -0.2) is 38.6 Å². The van der Waals surface area contributed by atoms with E-state index in [4.69, 9.17) is 4.74 Å². The Balaban J connectivity index is 1.44. The number of rotatable bonds is 5. The van der Waals surface area contributed by atoms with Gasteiger partial charge < -0.3 is 9.30 Å². The van der Waals surface area contributed by atoms with Gasteiger partial charge in [-0.3, -0.25) is 9.88 Å². The van der Waals surface area contributed by atoms with Gasteiger partial charge in [-0.25, -0.2) is 4.98 Å². The van der Waals surface area contributed by atoms with Crippen molar-refractivity contribution in [1.82, 2.24) is 19.4 Å². The first-order valence-corrected chi connectivity index (χ1v) is 9.02. The molecule has 0 radical (unpaired) electrons. The van der Waals surface area contributed by atoms with Crippen LogP contribution in [0.4, 0.5) is 0 Å². The Morgan fingerprint density at radius 2 is 2.17 bits per heavy atom. The molecule has 0 saturated heterocycles. The fourth-order valence-corrected chi connectivity index (χ4v) is 4.24. The van der Waals surface area contributed by atoms with Crippen LogP contribution in [0.5, 0.6) is 0 Å². The van der Waals surface area contributed by atoms with E-state index >= 15 is 0 Å². The largest absolute Gasteiger partial charge is 0.376 e. The van der Waals surface area contributed by atoms with Gasteiger partial charge in [0.2, 0.25) is 0 Å². The minimum absolute atomic E-state index is 0.401. The lowest BCUT2D eigenvalue weighted by molar-refractivity contribution is 0.0734. The minimum atomic E-state index is 0.401. The summed E-state index contributed by atoms with van der Waals surface area (Å²) in [5, 5.41) is 0. The van der Waals surface area contributed by atoms with Crippen LogP contribution in [-0.2, 0) is 24.9 Å². The zero-order valence-electron chi connectivity index (χ0n) is 14.4. The molecule has 0 spiro atoms. The number of pyridine rings is 1. The van der Waals surface area contributed by atoms with Crippen LogP contribution in [0.3, 0.4) is 0 Å². The molecule has 2 aromatic rings. The highest BCUT2D eigenvalue weighted by molar-refractivity contribution is 5.22. The van der Waals surface area contributed by atoms with E-state index in [2.05, 4.69) is 32.5 Å². The van der Waals surface area contributed by atoms with Gasteiger partial charge in [0, 0.05) is 50.2 Å². The van der Waals surface area contributed by atoms with Gasteiger partial charge in [0.25, 0.3) is 0 Å². The Morgan fingerprint density at radius 1 is 1.29 bits per heavy atom. The van der Waals surface area contributed by atoms with Gasteiger partial charge in [-0.05, 0) is 24.5 Å². The summed E-state index contributed by atoms with van der Waals surface area (Å²) in [5.41, 5.74) is 3.73. The van der Waals surface area contributed by atoms with E-state index in [1.165, 1.54) is 37.1 Å². The van der Waals surface area contributed by atoms with Crippen LogP contribution in [0, 0.1) is 0 Å². The fraction of sp³-hybridized carbons (Fsp3) is 0.579. The van der Waals surface area contributed by atoms with Crippen molar-refractivity contribution < 1.29 is 4.74 Å². The topological polar surface area (TPSA) is 43.2 Å². The molecule has 24 heavy (non-hydrogen) atoms. The molecule has 1 aliphatic heterocycles. The van der Waals surface area contributed by atoms with Crippen LogP contribution in [0.25, 0.3) is 0 Å². The standard InChI is InChI=1S/C19H26N4O/c1-22-14-21-18-11-23(17-6-2-3-7-17)10-16(19(18)22)13-24-12-15-5-4-8-20-9-15/h4-5,8-9,14,16-17H,2-3,6-7,10-13H2,1H3. The molecule has 0 aromatic carbocycles. The van der Waals surface area contributed by atoms with Gasteiger partial charge in [-0.15, -0.1) is 0 Å². The first-order valence-electron chi connectivity index (χ1n) is 9.02. The third-order valence-electron chi connectivity index (χ3n) is 5.41. The molecule has 1 aliphatic carbocycles. The summed E-state index contributed by atoms with van der Waals surface area (Å²) in [5.74, 6) is 0.401. The lowest BCUT2D eigenvalue weighted by Gasteiger charge is -2.36. The number of hydrogen-bond acceptors (Lipinski definition) is 4. The van der Waals surface area contributed by atoms with Crippen molar-refractivity contribution in [2.45, 2.75) is 50.8 Å². The molecule has 0 N–H and O–H groups in total. The Morgan fingerprint density at radius 3 is 2.96 bits per heavy atom. The predicted octanol–water partition coefficient (Wildman–Crippen LogP) is 2.87. The first-order chi connectivity index (χ1) is 11.8. The number of aryl methyl sites for hydroxylation is 1. The summed E-state index contributed by atoms with van der Waals surface area (Å²) < 4.78 is 8.22. The molecule has 4 rings (SSSR count). The first kappa shape index (κ1) is 15.8. The molecular weight excluding hydrogens is 300 g/mol. The van der Waals surface area contributed by atoms with E-state index in [0.717, 1.165) is 31.3 Å². The molecule has 0 amide bonds. The molecule has 1 fully saturated rings. The zero-order chi connectivity index (χ0) is 16.4. The molecule has 3 heterocycles. The maximum Gasteiger partial charge on any atom is 0.0949 e. The third-order valence-corrected chi connectivity index (χ3v) is 5.41. The van der Waals surface area contributed by atoms with Gasteiger partial charge in [0.05, 0.1) is 25.2 Å². The van der Waals surface area contributed by atoms with Crippen LogP contribution >= 0.6 is 0 Å². The normalized spacial score (nSPS) is 22.0. The van der Waals surface area contributed by atoms with E-state index in [1.54, 1.807) is 6.20 Å². The lowest BCUT2D eigenvalue weighted by atomic mass is 9.97. The quantitative estimate of drug-likeness (QED) is 0.847. The van der Waals surface area contributed by atoms with Crippen molar-refractivity contribution in [2.24, 2.45) is 7.05 Å². The van der Waals surface area contributed by atoms with Gasteiger partial charge in [0.1, 0.15) is 0 Å². The molecule has 0 bridgehead atoms. The van der Waals surface area contributed by atoms with Gasteiger partial charge in [-0.1, -0.05) is 18.9 Å². The van der Waals surface area contributed by atoms with Crippen molar-refractivity contribution >= 4 is 0 Å². The molecule has 1 atom stereocenters. The van der Waals surface area contributed by atoms with Crippen molar-refractivity contribution in [3.05, 3.63) is 47.8 Å². The number of imidazole rings is 1. The van der Waals surface area contributed by atoms with E-state index in [1.807, 2.05) is 18.6 Å². The van der Waals surface area contributed by atoms with Crippen LogP contribution in [0.2, 0.25) is 0 Å². The van der Waals surface area contributed by atoms with Crippen LogP contribution < -0.4 is 0 Å². The van der Waals surface area contributed by atoms with Crippen molar-refractivity contribution in [3.8, 4) is 0 Å². The van der Waals surface area contributed by atoms with Gasteiger partial charge in [0.15, 0.2) is 0 Å². The Hall–Kier alpha value is -1.72. The average molecular weight is 326 g/mol. The summed E-state index contributed by atoms with van der Waals surface area (Å²) in [6.07, 6.45) is 11.1. The molecule has 5 heteroatoms. The van der Waals surface area contributed by atoms with E-state index in [-0.39, 0.29) is 0 Å². The molecule has 1 saturated carbocycles. The second kappa shape index (κ2) is 7.03. The summed E-state index contributed by atoms with van der Waals surface area (Å²) in [6.45, 7) is 3.45. The Labute approximate surface area is 143 Å². The van der Waals surface area contributed by atoms with Gasteiger partial charge in [-0.2, -0.15) is 0 Å². The number of aromatic nitrogens is 3. The Bertz CT molecular complexity index is 663. The van der Waals surface area contributed by atoms with Crippen LogP contribution in [0.15, 0.2) is 30.9 Å². The Kier molecular flexibility index (Phi) is 4.63. The molecule has 2 aliphatic rings. The summed E-state index contributed by atoms with van der Waals surface area (Å²) in [7, 11) is 2.10. The zero-order valence-corrected chi connectivity index (χ0v) is 14.4. The van der Waals surface area contributed by atoms with Crippen molar-refractivity contribution in [3.63, 3.8) is 0 Å². The third kappa shape index (κ3) is 3.23. The van der Waals surface area contributed by atoms with E-state index in [9.17, 15) is 0 Å². The smallest absolute Gasteiger partial charge is 0.0949 e. The maximum atomic E-state index is 6.04. The molecule has 5 nitrogen and oxygen atoms in total. The second-order valence-corrected chi connectivity index (χ2v) is 7.13. The van der Waals surface area contributed by atoms with Crippen LogP contribution in [0.1, 0.15) is 48.6 Å². The maximum absolute atomic E-state index is 6.04. The second-order valence-electron chi connectivity index (χ2n) is 7.13. The number of ether oxygens (including phenoxy) is 1. The molecule has 2 aromatic heterocycles. The molecule has 1 unspecified atom stereocenters. The monoisotopic (exact) mass is 326 g/mol. The van der Waals surface area contributed by atoms with Gasteiger partial charge >= 0.3 is 0 Å². The number of nitrogens with zero attached hydrogens (tertiary/aromatic N) is 4. The SMILES string of the molecule is Cn1cnc2c1C(COCc1cccnc1)CN(C1CCCC1)C2. The summed E-state index contributed by atoms with van der Waals surface area (Å²) >= 11 is 0. The molecular formula is C19H26N4O. The highest BCUT2D eigenvalue weighted by Crippen LogP contribution is 2.33. The predicted molar refractivity (Wildman–Crippen MR) is 92.5 cm³/mol. The summed E-state index contributed by atoms with van der Waals surface area (Å²) in [6, 6.07) is 4.76. The van der Waals surface area contributed by atoms with E-state index in [0.29, 0.717) is 12.5 Å². The highest BCUT2D eigenvalue weighted by Gasteiger charge is 2.33. The lowest BCUT2D eigenvalue weighted by Crippen LogP contribution is -2.41. The number of hydrogen-bond donors (Lipinski definition) is 0.